The number of benzene rings is 1. The number of ether oxygens (including phenoxy) is 2. The number of hydrogen-bond acceptors (Lipinski definition) is 6. The van der Waals surface area contributed by atoms with Crippen molar-refractivity contribution in [3.05, 3.63) is 41.8 Å². The van der Waals surface area contributed by atoms with Crippen molar-refractivity contribution in [2.45, 2.75) is 24.9 Å². The minimum atomic E-state index is -0.409. The first-order valence-electron chi connectivity index (χ1n) is 7.63. The standard InChI is InChI=1S/C16H20FN3O3/c1-21-9-7-16(6-8-18-11-16)15-19-14(20-23-15)10-22-13-5-3-2-4-12(13)17/h2-5,18H,6-11H2,1H3. The number of rotatable bonds is 7. The highest BCUT2D eigenvalue weighted by Crippen LogP contribution is 2.33. The van der Waals surface area contributed by atoms with Gasteiger partial charge in [-0.3, -0.25) is 0 Å². The average Bonchev–Trinajstić information content (AvgIpc) is 3.22. The molecule has 124 valence electrons. The minimum absolute atomic E-state index is 0.0677. The summed E-state index contributed by atoms with van der Waals surface area (Å²) in [5, 5.41) is 7.29. The Labute approximate surface area is 134 Å². The van der Waals surface area contributed by atoms with E-state index in [0.717, 1.165) is 25.9 Å². The number of methoxy groups -OCH3 is 1. The van der Waals surface area contributed by atoms with Gasteiger partial charge in [-0.1, -0.05) is 17.3 Å². The van der Waals surface area contributed by atoms with Gasteiger partial charge in [-0.25, -0.2) is 4.39 Å². The summed E-state index contributed by atoms with van der Waals surface area (Å²) in [6, 6.07) is 6.24. The summed E-state index contributed by atoms with van der Waals surface area (Å²) in [5.74, 6) is 0.766. The Balaban J connectivity index is 1.68. The highest BCUT2D eigenvalue weighted by atomic mass is 19.1. The molecule has 1 fully saturated rings. The van der Waals surface area contributed by atoms with Crippen LogP contribution in [-0.4, -0.2) is 36.9 Å². The third-order valence-corrected chi connectivity index (χ3v) is 4.14. The number of nitrogens with one attached hydrogen (secondary N) is 1. The van der Waals surface area contributed by atoms with E-state index in [4.69, 9.17) is 14.0 Å². The summed E-state index contributed by atoms with van der Waals surface area (Å²) in [5.41, 5.74) is -0.195. The molecule has 1 unspecified atom stereocenters. The van der Waals surface area contributed by atoms with Crippen LogP contribution >= 0.6 is 0 Å². The van der Waals surface area contributed by atoms with Crippen LogP contribution in [0.3, 0.4) is 0 Å². The van der Waals surface area contributed by atoms with Gasteiger partial charge < -0.3 is 19.3 Å². The van der Waals surface area contributed by atoms with Crippen LogP contribution in [-0.2, 0) is 16.8 Å². The zero-order chi connectivity index (χ0) is 16.1. The molecule has 0 spiro atoms. The Morgan fingerprint density at radius 2 is 2.26 bits per heavy atom. The summed E-state index contributed by atoms with van der Waals surface area (Å²) >= 11 is 0. The molecule has 3 rings (SSSR count). The summed E-state index contributed by atoms with van der Waals surface area (Å²) in [6.45, 7) is 2.39. The third kappa shape index (κ3) is 3.51. The Bertz CT molecular complexity index is 641. The second-order valence-electron chi connectivity index (χ2n) is 5.68. The van der Waals surface area contributed by atoms with Crippen molar-refractivity contribution in [2.24, 2.45) is 0 Å². The van der Waals surface area contributed by atoms with Gasteiger partial charge in [0.15, 0.2) is 18.2 Å². The molecule has 1 atom stereocenters. The molecule has 1 aromatic carbocycles. The lowest BCUT2D eigenvalue weighted by Gasteiger charge is -2.22. The predicted octanol–water partition coefficient (Wildman–Crippen LogP) is 2.06. The number of nitrogens with zero attached hydrogens (tertiary/aromatic N) is 2. The summed E-state index contributed by atoms with van der Waals surface area (Å²) in [7, 11) is 1.68. The molecule has 1 aromatic heterocycles. The van der Waals surface area contributed by atoms with E-state index in [1.165, 1.54) is 6.07 Å². The van der Waals surface area contributed by atoms with Crippen LogP contribution in [0.1, 0.15) is 24.6 Å². The van der Waals surface area contributed by atoms with Crippen molar-refractivity contribution in [1.29, 1.82) is 0 Å². The van der Waals surface area contributed by atoms with Gasteiger partial charge in [0.2, 0.25) is 11.7 Å². The Morgan fingerprint density at radius 1 is 1.39 bits per heavy atom. The van der Waals surface area contributed by atoms with E-state index in [9.17, 15) is 4.39 Å². The van der Waals surface area contributed by atoms with Crippen molar-refractivity contribution in [3.8, 4) is 5.75 Å². The number of aromatic nitrogens is 2. The topological polar surface area (TPSA) is 69.4 Å². The van der Waals surface area contributed by atoms with Crippen molar-refractivity contribution in [1.82, 2.24) is 15.5 Å². The fourth-order valence-electron chi connectivity index (χ4n) is 2.78. The lowest BCUT2D eigenvalue weighted by Crippen LogP contribution is -2.31. The Hall–Kier alpha value is -1.99. The predicted molar refractivity (Wildman–Crippen MR) is 80.7 cm³/mol. The molecular formula is C16H20FN3O3. The van der Waals surface area contributed by atoms with E-state index in [2.05, 4.69) is 15.5 Å². The van der Waals surface area contributed by atoms with Crippen molar-refractivity contribution in [2.75, 3.05) is 26.8 Å². The quantitative estimate of drug-likeness (QED) is 0.842. The van der Waals surface area contributed by atoms with Gasteiger partial charge >= 0.3 is 0 Å². The van der Waals surface area contributed by atoms with E-state index < -0.39 is 5.82 Å². The molecule has 0 bridgehead atoms. The molecule has 0 saturated carbocycles. The zero-order valence-electron chi connectivity index (χ0n) is 13.0. The molecule has 2 heterocycles. The summed E-state index contributed by atoms with van der Waals surface area (Å²) in [6.07, 6.45) is 1.73. The number of para-hydroxylation sites is 1. The number of hydrogen-bond donors (Lipinski definition) is 1. The molecule has 0 aliphatic carbocycles. The van der Waals surface area contributed by atoms with Gasteiger partial charge in [0.25, 0.3) is 0 Å². The SMILES string of the molecule is COCCC1(c2nc(COc3ccccc3F)no2)CCNC1. The van der Waals surface area contributed by atoms with Crippen LogP contribution in [0.15, 0.2) is 28.8 Å². The third-order valence-electron chi connectivity index (χ3n) is 4.14. The summed E-state index contributed by atoms with van der Waals surface area (Å²) < 4.78 is 29.6. The Morgan fingerprint density at radius 3 is 3.00 bits per heavy atom. The van der Waals surface area contributed by atoms with Gasteiger partial charge in [0.1, 0.15) is 0 Å². The normalized spacial score (nSPS) is 20.8. The van der Waals surface area contributed by atoms with E-state index >= 15 is 0 Å². The molecule has 1 aliphatic heterocycles. The fourth-order valence-corrected chi connectivity index (χ4v) is 2.78. The molecular weight excluding hydrogens is 301 g/mol. The van der Waals surface area contributed by atoms with Crippen LogP contribution in [0.2, 0.25) is 0 Å². The molecule has 1 saturated heterocycles. The lowest BCUT2D eigenvalue weighted by molar-refractivity contribution is 0.156. The van der Waals surface area contributed by atoms with Crippen LogP contribution in [0.25, 0.3) is 0 Å². The molecule has 6 nitrogen and oxygen atoms in total. The van der Waals surface area contributed by atoms with Gasteiger partial charge in [-0.05, 0) is 31.5 Å². The first-order chi connectivity index (χ1) is 11.2. The van der Waals surface area contributed by atoms with Gasteiger partial charge in [0, 0.05) is 20.3 Å². The maximum atomic E-state index is 13.5. The first-order valence-corrected chi connectivity index (χ1v) is 7.63. The van der Waals surface area contributed by atoms with Gasteiger partial charge in [0.05, 0.1) is 5.41 Å². The molecule has 1 aliphatic rings. The Kier molecular flexibility index (Phi) is 4.88. The smallest absolute Gasteiger partial charge is 0.234 e. The van der Waals surface area contributed by atoms with E-state index in [1.54, 1.807) is 25.3 Å². The van der Waals surface area contributed by atoms with Crippen molar-refractivity contribution < 1.29 is 18.4 Å². The molecule has 0 radical (unpaired) electrons. The monoisotopic (exact) mass is 321 g/mol. The second kappa shape index (κ2) is 7.06. The highest BCUT2D eigenvalue weighted by Gasteiger charge is 2.40. The lowest BCUT2D eigenvalue weighted by atomic mass is 9.83. The highest BCUT2D eigenvalue weighted by molar-refractivity contribution is 5.23. The molecule has 23 heavy (non-hydrogen) atoms. The van der Waals surface area contributed by atoms with E-state index in [0.29, 0.717) is 18.3 Å². The van der Waals surface area contributed by atoms with E-state index in [1.807, 2.05) is 0 Å². The second-order valence-corrected chi connectivity index (χ2v) is 5.68. The van der Waals surface area contributed by atoms with Crippen molar-refractivity contribution in [3.63, 3.8) is 0 Å². The molecule has 2 aromatic rings. The minimum Gasteiger partial charge on any atom is -0.482 e. The largest absolute Gasteiger partial charge is 0.482 e. The van der Waals surface area contributed by atoms with Crippen LogP contribution < -0.4 is 10.1 Å². The molecule has 7 heteroatoms. The zero-order valence-corrected chi connectivity index (χ0v) is 13.0. The van der Waals surface area contributed by atoms with Crippen LogP contribution in [0.5, 0.6) is 5.75 Å². The van der Waals surface area contributed by atoms with Crippen molar-refractivity contribution >= 4 is 0 Å². The fraction of sp³-hybridized carbons (Fsp3) is 0.500. The van der Waals surface area contributed by atoms with Gasteiger partial charge in [-0.15, -0.1) is 0 Å². The molecule has 0 amide bonds. The maximum absolute atomic E-state index is 13.5. The molecule has 1 N–H and O–H groups in total. The summed E-state index contributed by atoms with van der Waals surface area (Å²) in [4.78, 5) is 4.44. The van der Waals surface area contributed by atoms with Gasteiger partial charge in [-0.2, -0.15) is 4.98 Å². The number of halogens is 1. The van der Waals surface area contributed by atoms with Crippen LogP contribution in [0.4, 0.5) is 4.39 Å². The maximum Gasteiger partial charge on any atom is 0.234 e. The average molecular weight is 321 g/mol. The van der Waals surface area contributed by atoms with Crippen LogP contribution in [0, 0.1) is 5.82 Å². The van der Waals surface area contributed by atoms with E-state index in [-0.39, 0.29) is 17.8 Å². The first kappa shape index (κ1) is 15.9.